The number of ether oxygens (including phenoxy) is 8. The molecule has 0 aliphatic rings. The van der Waals surface area contributed by atoms with Gasteiger partial charge in [0.1, 0.15) is 0 Å². The third-order valence-corrected chi connectivity index (χ3v) is 4.14. The van der Waals surface area contributed by atoms with Crippen LogP contribution >= 0.6 is 0 Å². The molecule has 1 amide bonds. The highest BCUT2D eigenvalue weighted by molar-refractivity contribution is 5.75. The molecule has 0 radical (unpaired) electrons. The molecule has 0 atom stereocenters. The van der Waals surface area contributed by atoms with Gasteiger partial charge in [-0.2, -0.15) is 0 Å². The number of hydrogen-bond donors (Lipinski definition) is 1. The van der Waals surface area contributed by atoms with E-state index in [2.05, 4.69) is 5.32 Å². The van der Waals surface area contributed by atoms with E-state index < -0.39 is 0 Å². The average Bonchev–Trinajstić information content (AvgIpc) is 2.87. The Hall–Kier alpha value is -0.850. The Bertz CT molecular complexity index is 376. The predicted octanol–water partition coefficient (Wildman–Crippen LogP) is 2.08. The van der Waals surface area contributed by atoms with Gasteiger partial charge in [0, 0.05) is 27.2 Å². The summed E-state index contributed by atoms with van der Waals surface area (Å²) in [6, 6.07) is 0. The van der Waals surface area contributed by atoms with Crippen molar-refractivity contribution >= 4 is 5.91 Å². The minimum absolute atomic E-state index is 0.0933. The molecule has 0 bridgehead atoms. The number of unbranched alkanes of at least 4 members (excludes halogenated alkanes) is 2. The largest absolute Gasteiger partial charge is 0.382 e. The Kier molecular flexibility index (Phi) is 35.6. The van der Waals surface area contributed by atoms with Crippen LogP contribution in [0.2, 0.25) is 0 Å². The molecule has 0 saturated heterocycles. The first kappa shape index (κ1) is 35.3. The molecule has 0 aromatic carbocycles. The quantitative estimate of drug-likeness (QED) is 0.171. The van der Waals surface area contributed by atoms with Crippen LogP contribution in [0.4, 0.5) is 0 Å². The molecule has 10 nitrogen and oxygen atoms in total. The van der Waals surface area contributed by atoms with Crippen molar-refractivity contribution in [3.63, 3.8) is 0 Å². The fourth-order valence-corrected chi connectivity index (χ4v) is 2.36. The second kappa shape index (κ2) is 34.3. The zero-order valence-corrected chi connectivity index (χ0v) is 22.1. The van der Waals surface area contributed by atoms with Crippen molar-refractivity contribution in [2.75, 3.05) is 113 Å². The lowest BCUT2D eigenvalue weighted by Gasteiger charge is -2.08. The standard InChI is InChI=1S/C22H45NO9.C2H6/c1-23-22(24)6-4-3-5-7-26-10-11-28-14-15-30-18-19-32-21-20-31-17-16-29-13-12-27-9-8-25-2;1-2/h3-21H2,1-2H3,(H,23,24);1-2H3. The molecule has 0 unspecified atom stereocenters. The number of carbonyl (C=O) groups excluding carboxylic acids is 1. The van der Waals surface area contributed by atoms with E-state index >= 15 is 0 Å². The SMILES string of the molecule is CC.CNC(=O)CCCCCOCCOCCOCCOCCOCCOCCOCCOC. The summed E-state index contributed by atoms with van der Waals surface area (Å²) in [7, 11) is 3.30. The van der Waals surface area contributed by atoms with Crippen LogP contribution in [0.1, 0.15) is 39.5 Å². The van der Waals surface area contributed by atoms with Crippen molar-refractivity contribution < 1.29 is 42.7 Å². The predicted molar refractivity (Wildman–Crippen MR) is 131 cm³/mol. The van der Waals surface area contributed by atoms with Crippen molar-refractivity contribution in [3.8, 4) is 0 Å². The Morgan fingerprint density at radius 1 is 0.500 bits per heavy atom. The number of nitrogens with one attached hydrogen (secondary N) is 1. The van der Waals surface area contributed by atoms with Crippen LogP contribution < -0.4 is 5.32 Å². The van der Waals surface area contributed by atoms with E-state index in [1.807, 2.05) is 13.8 Å². The van der Waals surface area contributed by atoms with Gasteiger partial charge in [0.25, 0.3) is 0 Å². The smallest absolute Gasteiger partial charge is 0.219 e. The van der Waals surface area contributed by atoms with E-state index in [1.54, 1.807) is 14.2 Å². The molecule has 0 heterocycles. The summed E-state index contributed by atoms with van der Waals surface area (Å²) in [5.41, 5.74) is 0. The van der Waals surface area contributed by atoms with E-state index in [1.165, 1.54) is 0 Å². The fraction of sp³-hybridized carbons (Fsp3) is 0.958. The van der Waals surface area contributed by atoms with Gasteiger partial charge in [-0.15, -0.1) is 0 Å². The highest BCUT2D eigenvalue weighted by Gasteiger charge is 1.98. The second-order valence-corrected chi connectivity index (χ2v) is 6.76. The fourth-order valence-electron chi connectivity index (χ4n) is 2.36. The van der Waals surface area contributed by atoms with Crippen LogP contribution in [0.15, 0.2) is 0 Å². The molecular formula is C24H51NO9. The van der Waals surface area contributed by atoms with Gasteiger partial charge in [0.05, 0.1) is 92.5 Å². The zero-order valence-electron chi connectivity index (χ0n) is 22.1. The van der Waals surface area contributed by atoms with Crippen LogP contribution in [0.5, 0.6) is 0 Å². The summed E-state index contributed by atoms with van der Waals surface area (Å²) in [6.45, 7) is 12.4. The highest BCUT2D eigenvalue weighted by Crippen LogP contribution is 1.99. The van der Waals surface area contributed by atoms with Crippen molar-refractivity contribution in [1.29, 1.82) is 0 Å². The molecule has 0 aromatic rings. The number of carbonyl (C=O) groups is 1. The maximum absolute atomic E-state index is 11.1. The van der Waals surface area contributed by atoms with Gasteiger partial charge in [0.15, 0.2) is 0 Å². The van der Waals surface area contributed by atoms with Gasteiger partial charge < -0.3 is 43.2 Å². The van der Waals surface area contributed by atoms with E-state index in [0.29, 0.717) is 106 Å². The Labute approximate surface area is 207 Å². The number of rotatable bonds is 27. The van der Waals surface area contributed by atoms with Crippen molar-refractivity contribution in [2.45, 2.75) is 39.5 Å². The van der Waals surface area contributed by atoms with E-state index in [-0.39, 0.29) is 5.91 Å². The first-order valence-corrected chi connectivity index (χ1v) is 12.5. The van der Waals surface area contributed by atoms with Crippen LogP contribution in [0.3, 0.4) is 0 Å². The molecule has 0 aliphatic heterocycles. The number of methoxy groups -OCH3 is 1. The highest BCUT2D eigenvalue weighted by atomic mass is 16.6. The summed E-state index contributed by atoms with van der Waals surface area (Å²) >= 11 is 0. The van der Waals surface area contributed by atoms with Gasteiger partial charge in [-0.05, 0) is 12.8 Å². The van der Waals surface area contributed by atoms with Crippen molar-refractivity contribution in [2.24, 2.45) is 0 Å². The summed E-state index contributed by atoms with van der Waals surface area (Å²) in [6.07, 6.45) is 3.44. The Morgan fingerprint density at radius 3 is 1.15 bits per heavy atom. The summed E-state index contributed by atoms with van der Waals surface area (Å²) in [5.74, 6) is 0.0933. The van der Waals surface area contributed by atoms with E-state index in [9.17, 15) is 4.79 Å². The molecule has 34 heavy (non-hydrogen) atoms. The first-order valence-electron chi connectivity index (χ1n) is 12.5. The number of amides is 1. The average molecular weight is 498 g/mol. The van der Waals surface area contributed by atoms with E-state index in [0.717, 1.165) is 19.3 Å². The van der Waals surface area contributed by atoms with Crippen molar-refractivity contribution in [1.82, 2.24) is 5.32 Å². The summed E-state index contributed by atoms with van der Waals surface area (Å²) < 4.78 is 42.7. The molecule has 1 N–H and O–H groups in total. The Balaban J connectivity index is 0. The van der Waals surface area contributed by atoms with Gasteiger partial charge in [-0.3, -0.25) is 4.79 Å². The zero-order chi connectivity index (χ0) is 25.4. The Morgan fingerprint density at radius 2 is 0.824 bits per heavy atom. The molecular weight excluding hydrogens is 446 g/mol. The molecule has 0 spiro atoms. The summed E-state index contributed by atoms with van der Waals surface area (Å²) in [4.78, 5) is 11.1. The van der Waals surface area contributed by atoms with Gasteiger partial charge in [-0.25, -0.2) is 0 Å². The lowest BCUT2D eigenvalue weighted by atomic mass is 10.2. The molecule has 0 aromatic heterocycles. The normalized spacial score (nSPS) is 10.7. The van der Waals surface area contributed by atoms with Crippen LogP contribution in [0, 0.1) is 0 Å². The van der Waals surface area contributed by atoms with Crippen molar-refractivity contribution in [3.05, 3.63) is 0 Å². The molecule has 206 valence electrons. The topological polar surface area (TPSA) is 103 Å². The third kappa shape index (κ3) is 33.3. The van der Waals surface area contributed by atoms with Gasteiger partial charge in [0.2, 0.25) is 5.91 Å². The maximum Gasteiger partial charge on any atom is 0.219 e. The molecule has 0 rings (SSSR count). The molecule has 10 heteroatoms. The minimum Gasteiger partial charge on any atom is -0.382 e. The third-order valence-electron chi connectivity index (χ3n) is 4.14. The van der Waals surface area contributed by atoms with Gasteiger partial charge >= 0.3 is 0 Å². The van der Waals surface area contributed by atoms with Crippen LogP contribution in [-0.2, 0) is 42.7 Å². The van der Waals surface area contributed by atoms with Crippen LogP contribution in [-0.4, -0.2) is 119 Å². The first-order chi connectivity index (χ1) is 16.8. The van der Waals surface area contributed by atoms with Crippen LogP contribution in [0.25, 0.3) is 0 Å². The van der Waals surface area contributed by atoms with E-state index in [4.69, 9.17) is 37.9 Å². The molecule has 0 saturated carbocycles. The lowest BCUT2D eigenvalue weighted by molar-refractivity contribution is -0.120. The maximum atomic E-state index is 11.1. The minimum atomic E-state index is 0.0933. The number of hydrogen-bond acceptors (Lipinski definition) is 9. The van der Waals surface area contributed by atoms with Gasteiger partial charge in [-0.1, -0.05) is 20.3 Å². The monoisotopic (exact) mass is 497 g/mol. The summed E-state index contributed by atoms with van der Waals surface area (Å²) in [5, 5.41) is 2.62. The lowest BCUT2D eigenvalue weighted by Crippen LogP contribution is -2.17. The molecule has 0 fully saturated rings. The molecule has 0 aliphatic carbocycles. The second-order valence-electron chi connectivity index (χ2n) is 6.76.